The van der Waals surface area contributed by atoms with Crippen LogP contribution in [0, 0.1) is 0 Å². The lowest BCUT2D eigenvalue weighted by molar-refractivity contribution is -0.127. The van der Waals surface area contributed by atoms with Crippen LogP contribution in [0.5, 0.6) is 0 Å². The summed E-state index contributed by atoms with van der Waals surface area (Å²) in [6, 6.07) is 2.34. The van der Waals surface area contributed by atoms with Crippen LogP contribution in [0.3, 0.4) is 0 Å². The highest BCUT2D eigenvalue weighted by Gasteiger charge is 2.24. The van der Waals surface area contributed by atoms with Crippen LogP contribution >= 0.6 is 15.9 Å². The number of hydrogen-bond donors (Lipinski definition) is 1. The van der Waals surface area contributed by atoms with E-state index in [-0.39, 0.29) is 23.6 Å². The molecule has 2 rings (SSSR count). The van der Waals surface area contributed by atoms with Gasteiger partial charge in [-0.3, -0.25) is 9.59 Å². The first-order valence-electron chi connectivity index (χ1n) is 7.94. The van der Waals surface area contributed by atoms with Gasteiger partial charge in [-0.05, 0) is 60.2 Å². The SMILES string of the molecule is C=CC(=O)N(C)C1CCCC(Nc2cc(Br)cn(C)c2=O)CC1. The Kier molecular flexibility index (Phi) is 6.04. The molecular formula is C17H24BrN3O2. The van der Waals surface area contributed by atoms with Crippen molar-refractivity contribution in [2.45, 2.75) is 44.2 Å². The molecule has 1 amide bonds. The molecule has 1 saturated carbocycles. The van der Waals surface area contributed by atoms with E-state index in [0.29, 0.717) is 5.69 Å². The number of amides is 1. The molecule has 1 aromatic rings. The van der Waals surface area contributed by atoms with Gasteiger partial charge in [-0.25, -0.2) is 0 Å². The summed E-state index contributed by atoms with van der Waals surface area (Å²) in [6.45, 7) is 3.55. The van der Waals surface area contributed by atoms with Gasteiger partial charge in [-0.15, -0.1) is 0 Å². The van der Waals surface area contributed by atoms with Crippen molar-refractivity contribution < 1.29 is 4.79 Å². The van der Waals surface area contributed by atoms with E-state index >= 15 is 0 Å². The summed E-state index contributed by atoms with van der Waals surface area (Å²) in [6.07, 6.45) is 8.02. The van der Waals surface area contributed by atoms with E-state index in [1.807, 2.05) is 13.1 Å². The monoisotopic (exact) mass is 381 g/mol. The quantitative estimate of drug-likeness (QED) is 0.644. The Bertz CT molecular complexity index is 641. The number of rotatable bonds is 4. The Morgan fingerprint density at radius 2 is 2.17 bits per heavy atom. The molecule has 23 heavy (non-hydrogen) atoms. The van der Waals surface area contributed by atoms with Crippen LogP contribution < -0.4 is 10.9 Å². The second-order valence-corrected chi connectivity index (χ2v) is 7.06. The maximum absolute atomic E-state index is 12.2. The van der Waals surface area contributed by atoms with Crippen LogP contribution in [0.1, 0.15) is 32.1 Å². The molecule has 1 aliphatic rings. The van der Waals surface area contributed by atoms with Gasteiger partial charge in [0.25, 0.3) is 5.56 Å². The molecule has 1 aromatic heterocycles. The van der Waals surface area contributed by atoms with Gasteiger partial charge in [0, 0.05) is 36.8 Å². The molecule has 1 aliphatic carbocycles. The number of carbonyl (C=O) groups is 1. The lowest BCUT2D eigenvalue weighted by Crippen LogP contribution is -2.35. The lowest BCUT2D eigenvalue weighted by Gasteiger charge is -2.26. The third-order valence-corrected chi connectivity index (χ3v) is 4.95. The second kappa shape index (κ2) is 7.81. The average molecular weight is 382 g/mol. The van der Waals surface area contributed by atoms with Crippen molar-refractivity contribution in [1.82, 2.24) is 9.47 Å². The van der Waals surface area contributed by atoms with E-state index in [0.717, 1.165) is 36.6 Å². The summed E-state index contributed by atoms with van der Waals surface area (Å²) in [5.41, 5.74) is 0.605. The Labute approximate surface area is 145 Å². The Morgan fingerprint density at radius 3 is 2.87 bits per heavy atom. The summed E-state index contributed by atoms with van der Waals surface area (Å²) in [4.78, 5) is 25.7. The van der Waals surface area contributed by atoms with Crippen LogP contribution in [0.25, 0.3) is 0 Å². The Morgan fingerprint density at radius 1 is 1.43 bits per heavy atom. The smallest absolute Gasteiger partial charge is 0.273 e. The van der Waals surface area contributed by atoms with E-state index < -0.39 is 0 Å². The fourth-order valence-corrected chi connectivity index (χ4v) is 3.67. The van der Waals surface area contributed by atoms with Crippen molar-refractivity contribution in [3.63, 3.8) is 0 Å². The average Bonchev–Trinajstić information content (AvgIpc) is 2.76. The molecule has 1 fully saturated rings. The highest BCUT2D eigenvalue weighted by Crippen LogP contribution is 2.24. The van der Waals surface area contributed by atoms with Crippen LogP contribution in [-0.4, -0.2) is 34.5 Å². The van der Waals surface area contributed by atoms with Crippen molar-refractivity contribution >= 4 is 27.5 Å². The van der Waals surface area contributed by atoms with Gasteiger partial charge >= 0.3 is 0 Å². The van der Waals surface area contributed by atoms with Crippen LogP contribution in [0.2, 0.25) is 0 Å². The Balaban J connectivity index is 2.03. The largest absolute Gasteiger partial charge is 0.378 e. The van der Waals surface area contributed by atoms with Crippen molar-refractivity contribution in [2.24, 2.45) is 7.05 Å². The first-order chi connectivity index (χ1) is 10.9. The number of likely N-dealkylation sites (N-methyl/N-ethyl adjacent to an activating group) is 1. The van der Waals surface area contributed by atoms with Gasteiger partial charge in [0.15, 0.2) is 0 Å². The fourth-order valence-electron chi connectivity index (χ4n) is 3.13. The number of hydrogen-bond acceptors (Lipinski definition) is 3. The van der Waals surface area contributed by atoms with E-state index in [2.05, 4.69) is 27.8 Å². The van der Waals surface area contributed by atoms with Crippen molar-refractivity contribution in [2.75, 3.05) is 12.4 Å². The van der Waals surface area contributed by atoms with Crippen LogP contribution in [0.4, 0.5) is 5.69 Å². The fraction of sp³-hybridized carbons (Fsp3) is 0.529. The molecule has 5 nitrogen and oxygen atoms in total. The molecule has 0 aromatic carbocycles. The van der Waals surface area contributed by atoms with Gasteiger partial charge in [-0.1, -0.05) is 6.58 Å². The number of halogens is 1. The number of carbonyl (C=O) groups excluding carboxylic acids is 1. The summed E-state index contributed by atoms with van der Waals surface area (Å²) < 4.78 is 2.45. The second-order valence-electron chi connectivity index (χ2n) is 6.14. The van der Waals surface area contributed by atoms with E-state index in [4.69, 9.17) is 0 Å². The first kappa shape index (κ1) is 17.8. The van der Waals surface area contributed by atoms with E-state index in [9.17, 15) is 9.59 Å². The molecule has 1 heterocycles. The van der Waals surface area contributed by atoms with Crippen LogP contribution in [0.15, 0.2) is 34.2 Å². The van der Waals surface area contributed by atoms with Gasteiger partial charge in [0.1, 0.15) is 5.69 Å². The zero-order chi connectivity index (χ0) is 17.0. The lowest BCUT2D eigenvalue weighted by atomic mass is 10.1. The summed E-state index contributed by atoms with van der Waals surface area (Å²) in [7, 11) is 3.59. The van der Waals surface area contributed by atoms with Gasteiger partial charge in [0.05, 0.1) is 0 Å². The van der Waals surface area contributed by atoms with Gasteiger partial charge in [-0.2, -0.15) is 0 Å². The third kappa shape index (κ3) is 4.47. The number of nitrogens with one attached hydrogen (secondary N) is 1. The van der Waals surface area contributed by atoms with E-state index in [1.165, 1.54) is 6.08 Å². The highest BCUT2D eigenvalue weighted by atomic mass is 79.9. The normalized spacial score (nSPS) is 21.3. The van der Waals surface area contributed by atoms with Crippen LogP contribution in [-0.2, 0) is 11.8 Å². The maximum Gasteiger partial charge on any atom is 0.273 e. The minimum atomic E-state index is -0.0257. The zero-order valence-corrected chi connectivity index (χ0v) is 15.3. The van der Waals surface area contributed by atoms with Crippen molar-refractivity contribution in [3.8, 4) is 0 Å². The van der Waals surface area contributed by atoms with Gasteiger partial charge in [0.2, 0.25) is 5.91 Å². The molecule has 0 saturated heterocycles. The minimum Gasteiger partial charge on any atom is -0.378 e. The molecule has 2 atom stereocenters. The maximum atomic E-state index is 12.2. The molecule has 0 spiro atoms. The molecular weight excluding hydrogens is 358 g/mol. The number of anilines is 1. The summed E-state index contributed by atoms with van der Waals surface area (Å²) in [5.74, 6) is -0.0257. The van der Waals surface area contributed by atoms with Crippen molar-refractivity contribution in [3.05, 3.63) is 39.7 Å². The van der Waals surface area contributed by atoms with E-state index in [1.54, 1.807) is 22.7 Å². The number of pyridine rings is 1. The zero-order valence-electron chi connectivity index (χ0n) is 13.7. The standard InChI is InChI=1S/C17H24BrN3O2/c1-4-16(22)21(3)14-7-5-6-13(8-9-14)19-15-10-12(18)11-20(2)17(15)23/h4,10-11,13-14,19H,1,5-9H2,2-3H3. The molecule has 2 unspecified atom stereocenters. The molecule has 0 bridgehead atoms. The highest BCUT2D eigenvalue weighted by molar-refractivity contribution is 9.10. The molecule has 0 radical (unpaired) electrons. The summed E-state index contributed by atoms with van der Waals surface area (Å²) in [5, 5.41) is 3.39. The minimum absolute atomic E-state index is 0.0204. The van der Waals surface area contributed by atoms with Crippen molar-refractivity contribution in [1.29, 1.82) is 0 Å². The third-order valence-electron chi connectivity index (χ3n) is 4.52. The molecule has 126 valence electrons. The Hall–Kier alpha value is -1.56. The predicted octanol–water partition coefficient (Wildman–Crippen LogP) is 2.91. The summed E-state index contributed by atoms with van der Waals surface area (Å²) >= 11 is 3.43. The number of nitrogens with zero attached hydrogens (tertiary/aromatic N) is 2. The molecule has 1 N–H and O–H groups in total. The molecule has 0 aliphatic heterocycles. The number of aromatic nitrogens is 1. The molecule has 6 heteroatoms. The number of aryl methyl sites for hydroxylation is 1. The topological polar surface area (TPSA) is 54.3 Å². The van der Waals surface area contributed by atoms with Gasteiger partial charge < -0.3 is 14.8 Å². The first-order valence-corrected chi connectivity index (χ1v) is 8.73. The predicted molar refractivity (Wildman–Crippen MR) is 96.6 cm³/mol.